The van der Waals surface area contributed by atoms with E-state index in [1.165, 1.54) is 0 Å². The molecule has 0 saturated carbocycles. The molecule has 72 valence electrons. The minimum absolute atomic E-state index is 0.190. The molecule has 0 fully saturated rings. The normalized spacial score (nSPS) is 15.8. The molecule has 1 aromatic carbocycles. The van der Waals surface area contributed by atoms with Gasteiger partial charge in [0.25, 0.3) is 0 Å². The summed E-state index contributed by atoms with van der Waals surface area (Å²) in [5.41, 5.74) is 6.88. The Morgan fingerprint density at radius 3 is 2.15 bits per heavy atom. The van der Waals surface area contributed by atoms with Gasteiger partial charge in [-0.2, -0.15) is 0 Å². The van der Waals surface area contributed by atoms with Gasteiger partial charge in [0.05, 0.1) is 12.1 Å². The van der Waals surface area contributed by atoms with Crippen molar-refractivity contribution in [2.45, 2.75) is 26.0 Å². The van der Waals surface area contributed by atoms with Crippen LogP contribution >= 0.6 is 0 Å². The molecule has 0 aliphatic rings. The Bertz CT molecular complexity index is 246. The molecule has 1 aromatic rings. The third-order valence-electron chi connectivity index (χ3n) is 2.24. The van der Waals surface area contributed by atoms with Gasteiger partial charge in [-0.1, -0.05) is 44.2 Å². The molecule has 0 bridgehead atoms. The predicted molar refractivity (Wildman–Crippen MR) is 54.2 cm³/mol. The number of aliphatic hydroxyl groups excluding tert-OH is 1. The third kappa shape index (κ3) is 2.54. The Morgan fingerprint density at radius 1 is 1.15 bits per heavy atom. The van der Waals surface area contributed by atoms with E-state index in [2.05, 4.69) is 0 Å². The molecule has 0 aromatic heterocycles. The van der Waals surface area contributed by atoms with Crippen molar-refractivity contribution in [3.05, 3.63) is 35.9 Å². The van der Waals surface area contributed by atoms with Crippen LogP contribution in [0.25, 0.3) is 0 Å². The van der Waals surface area contributed by atoms with Crippen LogP contribution in [0.15, 0.2) is 30.3 Å². The van der Waals surface area contributed by atoms with Gasteiger partial charge in [-0.15, -0.1) is 0 Å². The van der Waals surface area contributed by atoms with Gasteiger partial charge in [0.1, 0.15) is 0 Å². The zero-order chi connectivity index (χ0) is 9.84. The fourth-order valence-corrected chi connectivity index (χ4v) is 1.29. The van der Waals surface area contributed by atoms with Gasteiger partial charge in [0.15, 0.2) is 0 Å². The van der Waals surface area contributed by atoms with Crippen molar-refractivity contribution in [2.75, 3.05) is 0 Å². The summed E-state index contributed by atoms with van der Waals surface area (Å²) in [5, 5.41) is 9.72. The molecule has 0 radical (unpaired) electrons. The highest BCUT2D eigenvalue weighted by molar-refractivity contribution is 5.19. The third-order valence-corrected chi connectivity index (χ3v) is 2.24. The molecule has 0 amide bonds. The highest BCUT2D eigenvalue weighted by atomic mass is 16.3. The number of aliphatic hydroxyl groups is 1. The smallest absolute Gasteiger partial charge is 0.0755 e. The molecule has 13 heavy (non-hydrogen) atoms. The van der Waals surface area contributed by atoms with Crippen LogP contribution in [0.4, 0.5) is 0 Å². The lowest BCUT2D eigenvalue weighted by molar-refractivity contribution is 0.0979. The van der Waals surface area contributed by atoms with Gasteiger partial charge in [-0.3, -0.25) is 0 Å². The van der Waals surface area contributed by atoms with Gasteiger partial charge in [-0.05, 0) is 11.5 Å². The number of hydrogen-bond acceptors (Lipinski definition) is 2. The maximum Gasteiger partial charge on any atom is 0.0755 e. The van der Waals surface area contributed by atoms with Crippen molar-refractivity contribution >= 4 is 0 Å². The number of benzene rings is 1. The monoisotopic (exact) mass is 179 g/mol. The van der Waals surface area contributed by atoms with E-state index in [1.54, 1.807) is 0 Å². The summed E-state index contributed by atoms with van der Waals surface area (Å²) in [5.74, 6) is 0.190. The molecule has 1 rings (SSSR count). The molecule has 0 saturated heterocycles. The summed E-state index contributed by atoms with van der Waals surface area (Å²) in [6.07, 6.45) is -0.470. The fraction of sp³-hybridized carbons (Fsp3) is 0.455. The molecule has 0 heterocycles. The maximum atomic E-state index is 9.72. The van der Waals surface area contributed by atoms with Crippen LogP contribution in [0.2, 0.25) is 0 Å². The lowest BCUT2D eigenvalue weighted by Crippen LogP contribution is -2.30. The van der Waals surface area contributed by atoms with Crippen molar-refractivity contribution in [2.24, 2.45) is 11.7 Å². The topological polar surface area (TPSA) is 46.2 Å². The average molecular weight is 179 g/mol. The van der Waals surface area contributed by atoms with E-state index in [-0.39, 0.29) is 12.0 Å². The Morgan fingerprint density at radius 2 is 1.69 bits per heavy atom. The van der Waals surface area contributed by atoms with E-state index in [0.717, 1.165) is 5.56 Å². The van der Waals surface area contributed by atoms with E-state index in [1.807, 2.05) is 44.2 Å². The molecule has 2 heteroatoms. The summed E-state index contributed by atoms with van der Waals surface area (Å²) >= 11 is 0. The molecule has 0 aliphatic carbocycles. The first-order valence-corrected chi connectivity index (χ1v) is 4.61. The first kappa shape index (κ1) is 10.2. The average Bonchev–Trinajstić information content (AvgIpc) is 2.17. The second-order valence-corrected chi connectivity index (χ2v) is 3.67. The van der Waals surface area contributed by atoms with Gasteiger partial charge in [0, 0.05) is 0 Å². The van der Waals surface area contributed by atoms with E-state index < -0.39 is 6.10 Å². The SMILES string of the molecule is CC(C)C(O)C(N)c1ccccc1. The largest absolute Gasteiger partial charge is 0.391 e. The highest BCUT2D eigenvalue weighted by Crippen LogP contribution is 2.18. The van der Waals surface area contributed by atoms with Crippen molar-refractivity contribution in [1.29, 1.82) is 0 Å². The summed E-state index contributed by atoms with van der Waals surface area (Å²) < 4.78 is 0. The molecule has 3 N–H and O–H groups in total. The maximum absolute atomic E-state index is 9.72. The van der Waals surface area contributed by atoms with Crippen LogP contribution in [0.1, 0.15) is 25.5 Å². The van der Waals surface area contributed by atoms with Crippen LogP contribution in [0.5, 0.6) is 0 Å². The Balaban J connectivity index is 2.73. The molecule has 2 unspecified atom stereocenters. The van der Waals surface area contributed by atoms with Gasteiger partial charge in [0.2, 0.25) is 0 Å². The lowest BCUT2D eigenvalue weighted by atomic mass is 9.95. The van der Waals surface area contributed by atoms with Crippen LogP contribution in [0, 0.1) is 5.92 Å². The molecule has 2 nitrogen and oxygen atoms in total. The molecular weight excluding hydrogens is 162 g/mol. The van der Waals surface area contributed by atoms with Crippen LogP contribution in [-0.2, 0) is 0 Å². The standard InChI is InChI=1S/C11H17NO/c1-8(2)11(13)10(12)9-6-4-3-5-7-9/h3-8,10-11,13H,12H2,1-2H3. The van der Waals surface area contributed by atoms with Crippen molar-refractivity contribution in [3.8, 4) is 0 Å². The zero-order valence-corrected chi connectivity index (χ0v) is 8.14. The second kappa shape index (κ2) is 4.40. The van der Waals surface area contributed by atoms with E-state index in [0.29, 0.717) is 0 Å². The fourth-order valence-electron chi connectivity index (χ4n) is 1.29. The lowest BCUT2D eigenvalue weighted by Gasteiger charge is -2.22. The minimum Gasteiger partial charge on any atom is -0.391 e. The Kier molecular flexibility index (Phi) is 3.46. The summed E-state index contributed by atoms with van der Waals surface area (Å²) in [4.78, 5) is 0. The molecule has 0 spiro atoms. The van der Waals surface area contributed by atoms with E-state index >= 15 is 0 Å². The van der Waals surface area contributed by atoms with Crippen molar-refractivity contribution < 1.29 is 5.11 Å². The van der Waals surface area contributed by atoms with E-state index in [4.69, 9.17) is 5.73 Å². The molecule has 2 atom stereocenters. The Labute approximate surface area is 79.4 Å². The van der Waals surface area contributed by atoms with Gasteiger partial charge < -0.3 is 10.8 Å². The van der Waals surface area contributed by atoms with E-state index in [9.17, 15) is 5.11 Å². The Hall–Kier alpha value is -0.860. The number of rotatable bonds is 3. The van der Waals surface area contributed by atoms with Crippen LogP contribution < -0.4 is 5.73 Å². The van der Waals surface area contributed by atoms with Crippen LogP contribution in [-0.4, -0.2) is 11.2 Å². The molecular formula is C11H17NO. The number of nitrogens with two attached hydrogens (primary N) is 1. The number of hydrogen-bond donors (Lipinski definition) is 2. The van der Waals surface area contributed by atoms with Crippen LogP contribution in [0.3, 0.4) is 0 Å². The summed E-state index contributed by atoms with van der Waals surface area (Å²) in [6.45, 7) is 3.93. The zero-order valence-electron chi connectivity index (χ0n) is 8.14. The van der Waals surface area contributed by atoms with Crippen molar-refractivity contribution in [3.63, 3.8) is 0 Å². The minimum atomic E-state index is -0.470. The molecule has 0 aliphatic heterocycles. The quantitative estimate of drug-likeness (QED) is 0.742. The van der Waals surface area contributed by atoms with Crippen molar-refractivity contribution in [1.82, 2.24) is 0 Å². The summed E-state index contributed by atoms with van der Waals surface area (Å²) in [6, 6.07) is 9.41. The first-order chi connectivity index (χ1) is 6.13. The first-order valence-electron chi connectivity index (χ1n) is 4.61. The highest BCUT2D eigenvalue weighted by Gasteiger charge is 2.19. The predicted octanol–water partition coefficient (Wildman–Crippen LogP) is 1.70. The van der Waals surface area contributed by atoms with Gasteiger partial charge >= 0.3 is 0 Å². The van der Waals surface area contributed by atoms with Gasteiger partial charge in [-0.25, -0.2) is 0 Å². The summed E-state index contributed by atoms with van der Waals surface area (Å²) in [7, 11) is 0. The second-order valence-electron chi connectivity index (χ2n) is 3.67.